The molecule has 0 aliphatic heterocycles. The number of hydrogen-bond donors (Lipinski definition) is 3. The lowest BCUT2D eigenvalue weighted by Gasteiger charge is -2.03. The van der Waals surface area contributed by atoms with Crippen LogP contribution >= 0.6 is 11.3 Å². The van der Waals surface area contributed by atoms with Crippen molar-refractivity contribution in [2.45, 2.75) is 6.54 Å². The standard InChI is InChI=1S/C11H11N3O2S/c12-5-9-6-17-11(14-9)13-8-3-1-2-7(4-8)10(15)16/h1-4,6H,5,12H2,(H,13,14)(H,15,16). The van der Waals surface area contributed by atoms with E-state index in [0.29, 0.717) is 17.4 Å². The molecule has 88 valence electrons. The Kier molecular flexibility index (Phi) is 3.36. The number of benzene rings is 1. The number of carbonyl (C=O) groups is 1. The highest BCUT2D eigenvalue weighted by Gasteiger charge is 2.05. The molecule has 6 heteroatoms. The van der Waals surface area contributed by atoms with Crippen LogP contribution in [0.1, 0.15) is 16.1 Å². The Hall–Kier alpha value is -1.92. The summed E-state index contributed by atoms with van der Waals surface area (Å²) in [6, 6.07) is 6.58. The second-order valence-corrected chi connectivity index (χ2v) is 4.22. The minimum atomic E-state index is -0.949. The molecule has 1 aromatic heterocycles. The Labute approximate surface area is 102 Å². The molecule has 0 aliphatic carbocycles. The minimum Gasteiger partial charge on any atom is -0.478 e. The monoisotopic (exact) mass is 249 g/mol. The largest absolute Gasteiger partial charge is 0.478 e. The van der Waals surface area contributed by atoms with Gasteiger partial charge in [0.05, 0.1) is 11.3 Å². The molecule has 2 rings (SSSR count). The quantitative estimate of drug-likeness (QED) is 0.771. The number of anilines is 2. The molecule has 0 aliphatic rings. The summed E-state index contributed by atoms with van der Waals surface area (Å²) >= 11 is 1.43. The van der Waals surface area contributed by atoms with E-state index in [1.54, 1.807) is 24.3 Å². The molecule has 1 aromatic carbocycles. The Bertz CT molecular complexity index is 539. The fourth-order valence-electron chi connectivity index (χ4n) is 1.31. The van der Waals surface area contributed by atoms with E-state index in [-0.39, 0.29) is 5.56 Å². The highest BCUT2D eigenvalue weighted by Crippen LogP contribution is 2.21. The minimum absolute atomic E-state index is 0.241. The molecule has 5 nitrogen and oxygen atoms in total. The van der Waals surface area contributed by atoms with Crippen molar-refractivity contribution in [3.8, 4) is 0 Å². The van der Waals surface area contributed by atoms with Gasteiger partial charge in [-0.3, -0.25) is 0 Å². The first kappa shape index (κ1) is 11.6. The number of aromatic nitrogens is 1. The predicted octanol–water partition coefficient (Wildman–Crippen LogP) is 2.04. The molecule has 0 bridgehead atoms. The third-order valence-electron chi connectivity index (χ3n) is 2.12. The Morgan fingerprint density at radius 3 is 3.00 bits per heavy atom. The average Bonchev–Trinajstić information content (AvgIpc) is 2.77. The van der Waals surface area contributed by atoms with Crippen molar-refractivity contribution in [2.24, 2.45) is 5.73 Å². The Morgan fingerprint density at radius 1 is 1.53 bits per heavy atom. The van der Waals surface area contributed by atoms with Gasteiger partial charge in [-0.05, 0) is 18.2 Å². The molecule has 0 atom stereocenters. The van der Waals surface area contributed by atoms with E-state index in [1.165, 1.54) is 11.3 Å². The summed E-state index contributed by atoms with van der Waals surface area (Å²) in [6.45, 7) is 0.396. The zero-order valence-electron chi connectivity index (χ0n) is 8.88. The van der Waals surface area contributed by atoms with Crippen molar-refractivity contribution in [1.29, 1.82) is 0 Å². The first-order valence-corrected chi connectivity index (χ1v) is 5.82. The maximum atomic E-state index is 10.8. The molecule has 0 fully saturated rings. The molecule has 0 unspecified atom stereocenters. The van der Waals surface area contributed by atoms with Crippen LogP contribution < -0.4 is 11.1 Å². The van der Waals surface area contributed by atoms with Gasteiger partial charge < -0.3 is 16.2 Å². The fraction of sp³-hybridized carbons (Fsp3) is 0.0909. The maximum Gasteiger partial charge on any atom is 0.335 e. The second kappa shape index (κ2) is 4.94. The van der Waals surface area contributed by atoms with E-state index < -0.39 is 5.97 Å². The number of hydrogen-bond acceptors (Lipinski definition) is 5. The molecule has 0 spiro atoms. The van der Waals surface area contributed by atoms with Crippen molar-refractivity contribution in [2.75, 3.05) is 5.32 Å². The lowest BCUT2D eigenvalue weighted by atomic mass is 10.2. The van der Waals surface area contributed by atoms with Crippen LogP contribution in [0.4, 0.5) is 10.8 Å². The molecule has 0 saturated carbocycles. The normalized spacial score (nSPS) is 10.2. The van der Waals surface area contributed by atoms with Gasteiger partial charge in [0, 0.05) is 17.6 Å². The molecule has 0 amide bonds. The zero-order chi connectivity index (χ0) is 12.3. The smallest absolute Gasteiger partial charge is 0.335 e. The van der Waals surface area contributed by atoms with Gasteiger partial charge in [0.15, 0.2) is 5.13 Å². The van der Waals surface area contributed by atoms with Gasteiger partial charge in [-0.1, -0.05) is 6.07 Å². The first-order valence-electron chi connectivity index (χ1n) is 4.94. The van der Waals surface area contributed by atoms with E-state index in [2.05, 4.69) is 10.3 Å². The first-order chi connectivity index (χ1) is 8.19. The third kappa shape index (κ3) is 2.80. The van der Waals surface area contributed by atoms with Gasteiger partial charge in [0.25, 0.3) is 0 Å². The molecule has 0 saturated heterocycles. The molecule has 4 N–H and O–H groups in total. The third-order valence-corrected chi connectivity index (χ3v) is 2.93. The van der Waals surface area contributed by atoms with Crippen molar-refractivity contribution >= 4 is 28.1 Å². The predicted molar refractivity (Wildman–Crippen MR) is 66.7 cm³/mol. The van der Waals surface area contributed by atoms with Gasteiger partial charge in [-0.2, -0.15) is 0 Å². The summed E-state index contributed by atoms with van der Waals surface area (Å²) in [4.78, 5) is 15.0. The number of aromatic carboxylic acids is 1. The topological polar surface area (TPSA) is 88.2 Å². The van der Waals surface area contributed by atoms with Crippen LogP contribution in [0.15, 0.2) is 29.6 Å². The van der Waals surface area contributed by atoms with Crippen LogP contribution in [-0.4, -0.2) is 16.1 Å². The zero-order valence-corrected chi connectivity index (χ0v) is 9.70. The van der Waals surface area contributed by atoms with E-state index in [9.17, 15) is 4.79 Å². The molecule has 2 aromatic rings. The number of carboxylic acid groups (broad SMARTS) is 1. The number of carboxylic acids is 1. The van der Waals surface area contributed by atoms with Crippen LogP contribution in [0.25, 0.3) is 0 Å². The van der Waals surface area contributed by atoms with E-state index in [0.717, 1.165) is 5.69 Å². The fourth-order valence-corrected chi connectivity index (χ4v) is 2.05. The van der Waals surface area contributed by atoms with Gasteiger partial charge in [0.2, 0.25) is 0 Å². The SMILES string of the molecule is NCc1csc(Nc2cccc(C(=O)O)c2)n1. The van der Waals surface area contributed by atoms with E-state index >= 15 is 0 Å². The van der Waals surface area contributed by atoms with Gasteiger partial charge in [-0.25, -0.2) is 9.78 Å². The summed E-state index contributed by atoms with van der Waals surface area (Å²) in [5, 5.41) is 14.5. The van der Waals surface area contributed by atoms with Crippen LogP contribution in [0.3, 0.4) is 0 Å². The number of rotatable bonds is 4. The lowest BCUT2D eigenvalue weighted by molar-refractivity contribution is 0.0697. The van der Waals surface area contributed by atoms with E-state index in [4.69, 9.17) is 10.8 Å². The van der Waals surface area contributed by atoms with Gasteiger partial charge in [0.1, 0.15) is 0 Å². The summed E-state index contributed by atoms with van der Waals surface area (Å²) in [5.41, 5.74) is 7.21. The van der Waals surface area contributed by atoms with Crippen LogP contribution in [0.2, 0.25) is 0 Å². The maximum absolute atomic E-state index is 10.8. The Balaban J connectivity index is 2.18. The molecular formula is C11H11N3O2S. The second-order valence-electron chi connectivity index (χ2n) is 3.36. The van der Waals surface area contributed by atoms with Crippen LogP contribution in [0, 0.1) is 0 Å². The average molecular weight is 249 g/mol. The lowest BCUT2D eigenvalue weighted by Crippen LogP contribution is -1.99. The van der Waals surface area contributed by atoms with Crippen molar-refractivity contribution in [3.63, 3.8) is 0 Å². The highest BCUT2D eigenvalue weighted by atomic mass is 32.1. The molecule has 1 heterocycles. The van der Waals surface area contributed by atoms with Gasteiger partial charge >= 0.3 is 5.97 Å². The summed E-state index contributed by atoms with van der Waals surface area (Å²) in [7, 11) is 0. The number of nitrogens with two attached hydrogens (primary N) is 1. The number of nitrogens with one attached hydrogen (secondary N) is 1. The Morgan fingerprint density at radius 2 is 2.35 bits per heavy atom. The van der Waals surface area contributed by atoms with Crippen LogP contribution in [0.5, 0.6) is 0 Å². The number of nitrogens with zero attached hydrogens (tertiary/aromatic N) is 1. The summed E-state index contributed by atoms with van der Waals surface area (Å²) in [6.07, 6.45) is 0. The van der Waals surface area contributed by atoms with Crippen molar-refractivity contribution in [3.05, 3.63) is 40.9 Å². The molecule has 17 heavy (non-hydrogen) atoms. The summed E-state index contributed by atoms with van der Waals surface area (Å²) in [5.74, 6) is -0.949. The van der Waals surface area contributed by atoms with Crippen molar-refractivity contribution in [1.82, 2.24) is 4.98 Å². The van der Waals surface area contributed by atoms with Gasteiger partial charge in [-0.15, -0.1) is 11.3 Å². The summed E-state index contributed by atoms with van der Waals surface area (Å²) < 4.78 is 0. The molecule has 0 radical (unpaired) electrons. The van der Waals surface area contributed by atoms with Crippen molar-refractivity contribution < 1.29 is 9.90 Å². The molecular weight excluding hydrogens is 238 g/mol. The van der Waals surface area contributed by atoms with Crippen LogP contribution in [-0.2, 0) is 6.54 Å². The highest BCUT2D eigenvalue weighted by molar-refractivity contribution is 7.13. The number of thiazole rings is 1. The van der Waals surface area contributed by atoms with E-state index in [1.807, 2.05) is 5.38 Å².